The minimum absolute atomic E-state index is 0.0492. The quantitative estimate of drug-likeness (QED) is 0.573. The first-order chi connectivity index (χ1) is 15.1. The van der Waals surface area contributed by atoms with Crippen LogP contribution in [0.25, 0.3) is 10.6 Å². The maximum Gasteiger partial charge on any atom is 0.270 e. The number of thiazole rings is 1. The number of rotatable bonds is 7. The lowest BCUT2D eigenvalue weighted by molar-refractivity contribution is 0.0162. The number of methoxy groups -OCH3 is 1. The molecule has 1 N–H and O–H groups in total. The SMILES string of the molecule is COc1ccc(C(CNC(=O)c2csc(-c3ccc(Cl)cc3)n2)N2CCOCC2)cc1. The minimum Gasteiger partial charge on any atom is -0.497 e. The van der Waals surface area contributed by atoms with E-state index in [4.69, 9.17) is 21.1 Å². The van der Waals surface area contributed by atoms with Crippen molar-refractivity contribution >= 4 is 28.8 Å². The lowest BCUT2D eigenvalue weighted by Crippen LogP contribution is -2.43. The molecule has 2 heterocycles. The van der Waals surface area contributed by atoms with Crippen molar-refractivity contribution in [2.75, 3.05) is 40.0 Å². The third kappa shape index (κ3) is 5.43. The van der Waals surface area contributed by atoms with Crippen LogP contribution < -0.4 is 10.1 Å². The molecule has 3 aromatic rings. The van der Waals surface area contributed by atoms with Gasteiger partial charge in [-0.15, -0.1) is 11.3 Å². The number of benzene rings is 2. The Morgan fingerprint density at radius 1 is 1.19 bits per heavy atom. The monoisotopic (exact) mass is 457 g/mol. The lowest BCUT2D eigenvalue weighted by atomic mass is 10.0. The van der Waals surface area contributed by atoms with Crippen molar-refractivity contribution in [3.05, 3.63) is 70.2 Å². The van der Waals surface area contributed by atoms with Crippen LogP contribution in [0.4, 0.5) is 0 Å². The Hall–Kier alpha value is -2.45. The Morgan fingerprint density at radius 2 is 1.90 bits per heavy atom. The van der Waals surface area contributed by atoms with Gasteiger partial charge in [-0.1, -0.05) is 35.9 Å². The molecule has 1 aromatic heterocycles. The Balaban J connectivity index is 1.46. The number of hydrogen-bond donors (Lipinski definition) is 1. The van der Waals surface area contributed by atoms with Crippen LogP contribution in [0.1, 0.15) is 22.1 Å². The lowest BCUT2D eigenvalue weighted by Gasteiger charge is -2.35. The number of ether oxygens (including phenoxy) is 2. The van der Waals surface area contributed by atoms with Crippen LogP contribution in [0.5, 0.6) is 5.75 Å². The molecule has 0 aliphatic carbocycles. The van der Waals surface area contributed by atoms with Gasteiger partial charge in [0.1, 0.15) is 16.5 Å². The molecule has 1 atom stereocenters. The number of hydrogen-bond acceptors (Lipinski definition) is 6. The van der Waals surface area contributed by atoms with Crippen LogP contribution in [0.15, 0.2) is 53.9 Å². The van der Waals surface area contributed by atoms with Crippen molar-refractivity contribution in [3.8, 4) is 16.3 Å². The fourth-order valence-electron chi connectivity index (χ4n) is 3.56. The van der Waals surface area contributed by atoms with Gasteiger partial charge in [-0.05, 0) is 29.8 Å². The molecule has 1 aliphatic rings. The summed E-state index contributed by atoms with van der Waals surface area (Å²) in [5.41, 5.74) is 2.49. The maximum absolute atomic E-state index is 12.8. The Bertz CT molecular complexity index is 1000. The zero-order valence-corrected chi connectivity index (χ0v) is 18.8. The normalized spacial score (nSPS) is 15.4. The first kappa shape index (κ1) is 21.8. The highest BCUT2D eigenvalue weighted by Crippen LogP contribution is 2.26. The zero-order valence-electron chi connectivity index (χ0n) is 17.2. The number of nitrogens with one attached hydrogen (secondary N) is 1. The van der Waals surface area contributed by atoms with E-state index < -0.39 is 0 Å². The molecule has 0 bridgehead atoms. The predicted octanol–water partition coefficient (Wildman–Crippen LogP) is 4.28. The number of carbonyl (C=O) groups excluding carboxylic acids is 1. The summed E-state index contributed by atoms with van der Waals surface area (Å²) in [5, 5.41) is 6.32. The smallest absolute Gasteiger partial charge is 0.270 e. The number of morpholine rings is 1. The van der Waals surface area contributed by atoms with Crippen LogP contribution in [0.3, 0.4) is 0 Å². The van der Waals surface area contributed by atoms with Crippen molar-refractivity contribution in [3.63, 3.8) is 0 Å². The van der Waals surface area contributed by atoms with Gasteiger partial charge in [0.15, 0.2) is 0 Å². The van der Waals surface area contributed by atoms with Crippen molar-refractivity contribution in [1.82, 2.24) is 15.2 Å². The second kappa shape index (κ2) is 10.2. The summed E-state index contributed by atoms with van der Waals surface area (Å²) >= 11 is 7.40. The van der Waals surface area contributed by atoms with Gasteiger partial charge >= 0.3 is 0 Å². The molecule has 162 valence electrons. The van der Waals surface area contributed by atoms with Gasteiger partial charge in [0.05, 0.1) is 26.4 Å². The molecule has 1 amide bonds. The standard InChI is InChI=1S/C23H24ClN3O3S/c1-29-19-8-4-16(5-9-19)21(27-10-12-30-13-11-27)14-25-22(28)20-15-31-23(26-20)17-2-6-18(24)7-3-17/h2-9,15,21H,10-14H2,1H3,(H,25,28). The van der Waals surface area contributed by atoms with Crippen molar-refractivity contribution in [2.24, 2.45) is 0 Å². The third-order valence-electron chi connectivity index (χ3n) is 5.27. The summed E-state index contributed by atoms with van der Waals surface area (Å²) in [7, 11) is 1.65. The molecule has 8 heteroatoms. The highest BCUT2D eigenvalue weighted by Gasteiger charge is 2.24. The summed E-state index contributed by atoms with van der Waals surface area (Å²) in [6.07, 6.45) is 0. The van der Waals surface area contributed by atoms with E-state index in [2.05, 4.69) is 15.2 Å². The number of carbonyl (C=O) groups is 1. The topological polar surface area (TPSA) is 63.7 Å². The summed E-state index contributed by atoms with van der Waals surface area (Å²) in [6.45, 7) is 3.52. The first-order valence-corrected chi connectivity index (χ1v) is 11.4. The zero-order chi connectivity index (χ0) is 21.6. The molecule has 0 radical (unpaired) electrons. The van der Waals surface area contributed by atoms with E-state index in [1.165, 1.54) is 11.3 Å². The molecule has 0 spiro atoms. The molecule has 1 aliphatic heterocycles. The average molecular weight is 458 g/mol. The van der Waals surface area contributed by atoms with E-state index in [1.807, 2.05) is 48.5 Å². The Kier molecular flexibility index (Phi) is 7.19. The molecule has 2 aromatic carbocycles. The molecule has 6 nitrogen and oxygen atoms in total. The Morgan fingerprint density at radius 3 is 2.58 bits per heavy atom. The van der Waals surface area contributed by atoms with Gasteiger partial charge in [-0.3, -0.25) is 9.69 Å². The molecule has 31 heavy (non-hydrogen) atoms. The van der Waals surface area contributed by atoms with Gasteiger partial charge in [0, 0.05) is 35.6 Å². The number of amides is 1. The molecular formula is C23H24ClN3O3S. The van der Waals surface area contributed by atoms with E-state index in [-0.39, 0.29) is 11.9 Å². The van der Waals surface area contributed by atoms with E-state index in [0.29, 0.717) is 30.5 Å². The summed E-state index contributed by atoms with van der Waals surface area (Å²) in [6, 6.07) is 15.5. The van der Waals surface area contributed by atoms with Crippen LogP contribution in [0, 0.1) is 0 Å². The molecule has 1 saturated heterocycles. The van der Waals surface area contributed by atoms with Crippen molar-refractivity contribution in [2.45, 2.75) is 6.04 Å². The molecule has 0 saturated carbocycles. The van der Waals surface area contributed by atoms with Crippen LogP contribution in [-0.4, -0.2) is 55.7 Å². The molecule has 4 rings (SSSR count). The Labute approximate surface area is 190 Å². The molecule has 1 fully saturated rings. The summed E-state index contributed by atoms with van der Waals surface area (Å²) in [5.74, 6) is 0.633. The fourth-order valence-corrected chi connectivity index (χ4v) is 4.49. The van der Waals surface area contributed by atoms with Crippen molar-refractivity contribution in [1.29, 1.82) is 0 Å². The first-order valence-electron chi connectivity index (χ1n) is 10.1. The van der Waals surface area contributed by atoms with Gasteiger partial charge in [-0.25, -0.2) is 4.98 Å². The van der Waals surface area contributed by atoms with Crippen LogP contribution in [-0.2, 0) is 4.74 Å². The van der Waals surface area contributed by atoms with Crippen LogP contribution in [0.2, 0.25) is 5.02 Å². The molecular weight excluding hydrogens is 434 g/mol. The van der Waals surface area contributed by atoms with Gasteiger partial charge in [0.2, 0.25) is 0 Å². The highest BCUT2D eigenvalue weighted by molar-refractivity contribution is 7.13. The fraction of sp³-hybridized carbons (Fsp3) is 0.304. The largest absolute Gasteiger partial charge is 0.497 e. The average Bonchev–Trinajstić information content (AvgIpc) is 3.31. The second-order valence-electron chi connectivity index (χ2n) is 7.19. The maximum atomic E-state index is 12.8. The van der Waals surface area contributed by atoms with Crippen LogP contribution >= 0.6 is 22.9 Å². The molecule has 1 unspecified atom stereocenters. The predicted molar refractivity (Wildman–Crippen MR) is 123 cm³/mol. The van der Waals surface area contributed by atoms with E-state index in [9.17, 15) is 4.79 Å². The third-order valence-corrected chi connectivity index (χ3v) is 6.41. The summed E-state index contributed by atoms with van der Waals surface area (Å²) < 4.78 is 10.8. The van der Waals surface area contributed by atoms with Crippen molar-refractivity contribution < 1.29 is 14.3 Å². The number of aromatic nitrogens is 1. The van der Waals surface area contributed by atoms with E-state index in [1.54, 1.807) is 12.5 Å². The second-order valence-corrected chi connectivity index (χ2v) is 8.49. The number of halogens is 1. The highest BCUT2D eigenvalue weighted by atomic mass is 35.5. The van der Waals surface area contributed by atoms with E-state index >= 15 is 0 Å². The van der Waals surface area contributed by atoms with Gasteiger partial charge < -0.3 is 14.8 Å². The van der Waals surface area contributed by atoms with Gasteiger partial charge in [-0.2, -0.15) is 0 Å². The minimum atomic E-state index is -0.178. The number of nitrogens with zero attached hydrogens (tertiary/aromatic N) is 2. The van der Waals surface area contributed by atoms with Gasteiger partial charge in [0.25, 0.3) is 5.91 Å². The van der Waals surface area contributed by atoms with E-state index in [0.717, 1.165) is 35.0 Å². The summed E-state index contributed by atoms with van der Waals surface area (Å²) in [4.78, 5) is 19.7.